The van der Waals surface area contributed by atoms with E-state index in [-0.39, 0.29) is 4.21 Å². The molecule has 0 unspecified atom stereocenters. The standard InChI is InChI=1S/C21H22N4O3S2/c22-7-9-25-8-6-18-15(12-25)11-19(29-18)30(27,28)24-21(26)23-20-16-3-1-2-13(16)10-14-4-5-17(14)20/h10-11H,1-6,8-9,12H2,(H2,23,24,26). The van der Waals surface area contributed by atoms with Gasteiger partial charge in [0.15, 0.2) is 0 Å². The van der Waals surface area contributed by atoms with E-state index in [2.05, 4.69) is 22.2 Å². The second-order valence-electron chi connectivity index (χ2n) is 8.07. The zero-order chi connectivity index (χ0) is 20.9. The number of rotatable bonds is 4. The van der Waals surface area contributed by atoms with E-state index in [1.54, 1.807) is 6.07 Å². The zero-order valence-corrected chi connectivity index (χ0v) is 18.1. The number of nitrogens with zero attached hydrogens (tertiary/aromatic N) is 2. The topological polar surface area (TPSA) is 102 Å². The van der Waals surface area contributed by atoms with Gasteiger partial charge in [-0.1, -0.05) is 6.07 Å². The summed E-state index contributed by atoms with van der Waals surface area (Å²) >= 11 is 1.21. The van der Waals surface area contributed by atoms with Gasteiger partial charge in [0.2, 0.25) is 0 Å². The first-order chi connectivity index (χ1) is 14.4. The van der Waals surface area contributed by atoms with Gasteiger partial charge in [-0.3, -0.25) is 4.90 Å². The first-order valence-corrected chi connectivity index (χ1v) is 12.5. The van der Waals surface area contributed by atoms with Gasteiger partial charge in [0.1, 0.15) is 4.21 Å². The van der Waals surface area contributed by atoms with E-state index in [1.807, 2.05) is 4.90 Å². The zero-order valence-electron chi connectivity index (χ0n) is 16.5. The number of carbonyl (C=O) groups is 1. The number of hydrogen-bond acceptors (Lipinski definition) is 6. The van der Waals surface area contributed by atoms with Gasteiger partial charge in [-0.05, 0) is 72.4 Å². The molecule has 0 saturated heterocycles. The van der Waals surface area contributed by atoms with Crippen LogP contribution in [0.15, 0.2) is 16.3 Å². The van der Waals surface area contributed by atoms with Crippen molar-refractivity contribution < 1.29 is 13.2 Å². The van der Waals surface area contributed by atoms with E-state index < -0.39 is 16.1 Å². The number of aryl methyl sites for hydroxylation is 2. The first-order valence-electron chi connectivity index (χ1n) is 10.2. The molecule has 0 fully saturated rings. The second kappa shape index (κ2) is 7.38. The Kier molecular flexibility index (Phi) is 4.81. The van der Waals surface area contributed by atoms with E-state index in [4.69, 9.17) is 5.26 Å². The molecule has 1 aliphatic heterocycles. The van der Waals surface area contributed by atoms with E-state index in [1.165, 1.54) is 22.5 Å². The number of hydrogen-bond donors (Lipinski definition) is 2. The summed E-state index contributed by atoms with van der Waals surface area (Å²) in [5, 5.41) is 11.7. The Bertz CT molecular complexity index is 1190. The number of fused-ring (bicyclic) bond motifs is 3. The summed E-state index contributed by atoms with van der Waals surface area (Å²) in [4.78, 5) is 15.6. The van der Waals surface area contributed by atoms with E-state index in [0.29, 0.717) is 19.5 Å². The predicted octanol–water partition coefficient (Wildman–Crippen LogP) is 2.73. The van der Waals surface area contributed by atoms with Gasteiger partial charge in [0.25, 0.3) is 10.0 Å². The number of nitriles is 1. The molecule has 2 aromatic rings. The Labute approximate surface area is 179 Å². The van der Waals surface area contributed by atoms with Crippen molar-refractivity contribution in [3.8, 4) is 6.07 Å². The highest BCUT2D eigenvalue weighted by molar-refractivity contribution is 7.92. The number of amides is 2. The minimum Gasteiger partial charge on any atom is -0.307 e. The number of nitrogens with one attached hydrogen (secondary N) is 2. The lowest BCUT2D eigenvalue weighted by Crippen LogP contribution is -2.35. The highest BCUT2D eigenvalue weighted by Crippen LogP contribution is 2.39. The molecule has 1 aromatic heterocycles. The minimum atomic E-state index is -3.95. The van der Waals surface area contributed by atoms with Gasteiger partial charge >= 0.3 is 6.03 Å². The normalized spacial score (nSPS) is 17.3. The smallest absolute Gasteiger partial charge is 0.307 e. The van der Waals surface area contributed by atoms with Crippen molar-refractivity contribution in [1.29, 1.82) is 5.26 Å². The third-order valence-corrected chi connectivity index (χ3v) is 9.23. The molecule has 5 rings (SSSR count). The molecule has 2 amide bonds. The van der Waals surface area contributed by atoms with Crippen molar-refractivity contribution in [2.75, 3.05) is 18.4 Å². The molecule has 2 aliphatic carbocycles. The Balaban J connectivity index is 1.33. The molecular weight excluding hydrogens is 420 g/mol. The molecule has 0 saturated carbocycles. The maximum atomic E-state index is 12.8. The van der Waals surface area contributed by atoms with Gasteiger partial charge in [-0.25, -0.2) is 17.9 Å². The van der Waals surface area contributed by atoms with Crippen LogP contribution in [-0.2, 0) is 48.7 Å². The van der Waals surface area contributed by atoms with Crippen LogP contribution in [0.3, 0.4) is 0 Å². The maximum absolute atomic E-state index is 12.8. The molecule has 3 aliphatic rings. The lowest BCUT2D eigenvalue weighted by molar-refractivity contribution is 0.256. The fourth-order valence-electron chi connectivity index (χ4n) is 4.64. The van der Waals surface area contributed by atoms with Crippen molar-refractivity contribution in [3.63, 3.8) is 0 Å². The van der Waals surface area contributed by atoms with E-state index in [9.17, 15) is 13.2 Å². The number of thiophene rings is 1. The predicted molar refractivity (Wildman–Crippen MR) is 114 cm³/mol. The van der Waals surface area contributed by atoms with Crippen molar-refractivity contribution in [1.82, 2.24) is 9.62 Å². The quantitative estimate of drug-likeness (QED) is 0.709. The molecule has 7 nitrogen and oxygen atoms in total. The monoisotopic (exact) mass is 442 g/mol. The summed E-state index contributed by atoms with van der Waals surface area (Å²) in [6, 6.07) is 5.30. The number of sulfonamides is 1. The molecule has 9 heteroatoms. The van der Waals surface area contributed by atoms with Gasteiger partial charge < -0.3 is 5.32 Å². The molecular formula is C21H22N4O3S2. The fourth-order valence-corrected chi connectivity index (χ4v) is 7.09. The largest absolute Gasteiger partial charge is 0.333 e. The summed E-state index contributed by atoms with van der Waals surface area (Å²) in [5.74, 6) is 0. The summed E-state index contributed by atoms with van der Waals surface area (Å²) in [5.41, 5.74) is 6.58. The molecule has 30 heavy (non-hydrogen) atoms. The van der Waals surface area contributed by atoms with Crippen LogP contribution in [0.4, 0.5) is 10.5 Å². The van der Waals surface area contributed by atoms with Crippen molar-refractivity contribution >= 4 is 33.1 Å². The number of anilines is 1. The van der Waals surface area contributed by atoms with Crippen LogP contribution in [0.2, 0.25) is 0 Å². The number of benzene rings is 1. The van der Waals surface area contributed by atoms with Crippen LogP contribution in [0.25, 0.3) is 0 Å². The van der Waals surface area contributed by atoms with Gasteiger partial charge in [0, 0.05) is 23.7 Å². The van der Waals surface area contributed by atoms with Crippen LogP contribution in [-0.4, -0.2) is 32.4 Å². The fraction of sp³-hybridized carbons (Fsp3) is 0.429. The molecule has 156 valence electrons. The SMILES string of the molecule is N#CCN1CCc2sc(S(=O)(=O)NC(=O)Nc3c4c(cc5c3CC5)CCC4)cc2C1. The van der Waals surface area contributed by atoms with E-state index >= 15 is 0 Å². The Hall–Kier alpha value is -2.41. The van der Waals surface area contributed by atoms with Crippen molar-refractivity contribution in [3.05, 3.63) is 44.8 Å². The maximum Gasteiger partial charge on any atom is 0.333 e. The summed E-state index contributed by atoms with van der Waals surface area (Å²) in [6.45, 7) is 1.62. The van der Waals surface area contributed by atoms with Gasteiger partial charge in [-0.15, -0.1) is 11.3 Å². The van der Waals surface area contributed by atoms with Crippen LogP contribution in [0, 0.1) is 11.3 Å². The Morgan fingerprint density at radius 2 is 1.90 bits per heavy atom. The average molecular weight is 443 g/mol. The Morgan fingerprint density at radius 1 is 1.10 bits per heavy atom. The van der Waals surface area contributed by atoms with Crippen molar-refractivity contribution in [2.24, 2.45) is 0 Å². The Morgan fingerprint density at radius 3 is 2.67 bits per heavy atom. The first kappa shape index (κ1) is 19.5. The second-order valence-corrected chi connectivity index (χ2v) is 11.1. The van der Waals surface area contributed by atoms with Crippen molar-refractivity contribution in [2.45, 2.75) is 49.3 Å². The average Bonchev–Trinajstić information content (AvgIpc) is 3.30. The number of carbonyl (C=O) groups excluding carboxylic acids is 1. The molecule has 0 radical (unpaired) electrons. The summed E-state index contributed by atoms with van der Waals surface area (Å²) in [6.07, 6.45) is 5.65. The van der Waals surface area contributed by atoms with Crippen LogP contribution in [0.5, 0.6) is 0 Å². The molecule has 2 N–H and O–H groups in total. The lowest BCUT2D eigenvalue weighted by atomic mass is 9.83. The van der Waals surface area contributed by atoms with Gasteiger partial charge in [0.05, 0.1) is 12.6 Å². The van der Waals surface area contributed by atoms with Crippen LogP contribution in [0.1, 0.15) is 39.1 Å². The third-order valence-electron chi connectivity index (χ3n) is 6.19. The van der Waals surface area contributed by atoms with Crippen LogP contribution < -0.4 is 10.0 Å². The summed E-state index contributed by atoms with van der Waals surface area (Å²) in [7, 11) is -3.95. The van der Waals surface area contributed by atoms with Crippen LogP contribution >= 0.6 is 11.3 Å². The highest BCUT2D eigenvalue weighted by Gasteiger charge is 2.29. The third kappa shape index (κ3) is 3.39. The van der Waals surface area contributed by atoms with E-state index in [0.717, 1.165) is 65.9 Å². The van der Waals surface area contributed by atoms with Gasteiger partial charge in [-0.2, -0.15) is 5.26 Å². The molecule has 0 atom stereocenters. The highest BCUT2D eigenvalue weighted by atomic mass is 32.2. The molecule has 0 spiro atoms. The number of urea groups is 1. The lowest BCUT2D eigenvalue weighted by Gasteiger charge is -2.26. The molecule has 2 heterocycles. The molecule has 1 aromatic carbocycles. The minimum absolute atomic E-state index is 0.146. The molecule has 0 bridgehead atoms. The summed E-state index contributed by atoms with van der Waals surface area (Å²) < 4.78 is 28.0.